The third-order valence-corrected chi connectivity index (χ3v) is 6.24. The number of rotatable bonds is 10. The molecule has 1 heterocycles. The van der Waals surface area contributed by atoms with Crippen molar-refractivity contribution in [2.45, 2.75) is 39.8 Å². The van der Waals surface area contributed by atoms with E-state index in [9.17, 15) is 4.79 Å². The van der Waals surface area contributed by atoms with Crippen LogP contribution in [0.4, 0.5) is 5.69 Å². The molecule has 0 fully saturated rings. The van der Waals surface area contributed by atoms with Gasteiger partial charge in [0.15, 0.2) is 0 Å². The average molecular weight is 453 g/mol. The lowest BCUT2D eigenvalue weighted by Crippen LogP contribution is -2.39. The van der Waals surface area contributed by atoms with Crippen molar-refractivity contribution >= 4 is 22.9 Å². The molecule has 6 heteroatoms. The molecule has 0 radical (unpaired) electrons. The highest BCUT2D eigenvalue weighted by atomic mass is 32.1. The summed E-state index contributed by atoms with van der Waals surface area (Å²) in [5, 5.41) is 5.03. The summed E-state index contributed by atoms with van der Waals surface area (Å²) in [7, 11) is 1.62. The topological polar surface area (TPSA) is 50.8 Å². The first-order chi connectivity index (χ1) is 15.4. The molecule has 2 aromatic carbocycles. The van der Waals surface area contributed by atoms with Gasteiger partial charge in [-0.2, -0.15) is 0 Å². The third kappa shape index (κ3) is 6.11. The van der Waals surface area contributed by atoms with E-state index < -0.39 is 0 Å². The van der Waals surface area contributed by atoms with Crippen LogP contribution >= 0.6 is 11.3 Å². The van der Waals surface area contributed by atoms with E-state index in [1.54, 1.807) is 18.4 Å². The first-order valence-electron chi connectivity index (χ1n) is 10.9. The van der Waals surface area contributed by atoms with Crippen LogP contribution in [0.5, 0.6) is 11.5 Å². The molecular weight excluding hydrogens is 420 g/mol. The molecule has 0 aliphatic heterocycles. The zero-order valence-corrected chi connectivity index (χ0v) is 20.2. The van der Waals surface area contributed by atoms with Crippen molar-refractivity contribution in [3.63, 3.8) is 0 Å². The molecule has 5 nitrogen and oxygen atoms in total. The molecule has 0 saturated heterocycles. The van der Waals surface area contributed by atoms with Crippen LogP contribution in [0.1, 0.15) is 38.1 Å². The number of carbonyl (C=O) groups excluding carboxylic acids is 1. The van der Waals surface area contributed by atoms with E-state index in [1.165, 1.54) is 4.88 Å². The first kappa shape index (κ1) is 23.8. The maximum atomic E-state index is 12.9. The van der Waals surface area contributed by atoms with Gasteiger partial charge in [-0.1, -0.05) is 18.2 Å². The summed E-state index contributed by atoms with van der Waals surface area (Å²) in [4.78, 5) is 16.4. The Labute approximate surface area is 195 Å². The fraction of sp³-hybridized carbons (Fsp3) is 0.346. The van der Waals surface area contributed by atoms with Crippen molar-refractivity contribution in [2.75, 3.05) is 25.6 Å². The van der Waals surface area contributed by atoms with Gasteiger partial charge in [-0.15, -0.1) is 11.3 Å². The lowest BCUT2D eigenvalue weighted by atomic mass is 10.1. The van der Waals surface area contributed by atoms with Crippen LogP contribution < -0.4 is 14.8 Å². The van der Waals surface area contributed by atoms with Gasteiger partial charge in [0, 0.05) is 35.1 Å². The SMILES string of the molecule is COc1ccc(NC(=O)c2ccc(-c3cccs3)cc2)c(OCCN(C(C)C)C(C)C)c1. The third-order valence-electron chi connectivity index (χ3n) is 5.32. The van der Waals surface area contributed by atoms with E-state index in [0.29, 0.717) is 41.4 Å². The highest BCUT2D eigenvalue weighted by Gasteiger charge is 2.15. The van der Waals surface area contributed by atoms with E-state index >= 15 is 0 Å². The smallest absolute Gasteiger partial charge is 0.255 e. The number of anilines is 1. The van der Waals surface area contributed by atoms with E-state index in [2.05, 4.69) is 44.0 Å². The zero-order chi connectivity index (χ0) is 23.1. The van der Waals surface area contributed by atoms with Crippen molar-refractivity contribution in [3.05, 3.63) is 65.5 Å². The highest BCUT2D eigenvalue weighted by molar-refractivity contribution is 7.13. The lowest BCUT2D eigenvalue weighted by Gasteiger charge is -2.30. The Balaban J connectivity index is 1.70. The molecule has 1 amide bonds. The summed E-state index contributed by atoms with van der Waals surface area (Å²) >= 11 is 1.68. The summed E-state index contributed by atoms with van der Waals surface area (Å²) in [5.41, 5.74) is 2.32. The van der Waals surface area contributed by atoms with Crippen LogP contribution in [0.25, 0.3) is 10.4 Å². The van der Waals surface area contributed by atoms with Gasteiger partial charge in [0.25, 0.3) is 5.91 Å². The Kier molecular flexibility index (Phi) is 8.31. The quantitative estimate of drug-likeness (QED) is 0.399. The monoisotopic (exact) mass is 452 g/mol. The number of amides is 1. The second-order valence-electron chi connectivity index (χ2n) is 8.14. The van der Waals surface area contributed by atoms with Crippen LogP contribution in [0.15, 0.2) is 60.0 Å². The predicted molar refractivity (Wildman–Crippen MR) is 133 cm³/mol. The summed E-state index contributed by atoms with van der Waals surface area (Å²) in [6, 6.07) is 18.0. The molecule has 0 unspecified atom stereocenters. The molecule has 1 N–H and O–H groups in total. The number of thiophene rings is 1. The lowest BCUT2D eigenvalue weighted by molar-refractivity contribution is 0.102. The van der Waals surface area contributed by atoms with Gasteiger partial charge in [-0.05, 0) is 69.0 Å². The number of nitrogens with zero attached hydrogens (tertiary/aromatic N) is 1. The number of ether oxygens (including phenoxy) is 2. The number of carbonyl (C=O) groups is 1. The van der Waals surface area contributed by atoms with Crippen molar-refractivity contribution < 1.29 is 14.3 Å². The average Bonchev–Trinajstić information content (AvgIpc) is 3.32. The van der Waals surface area contributed by atoms with Gasteiger partial charge >= 0.3 is 0 Å². The number of benzene rings is 2. The summed E-state index contributed by atoms with van der Waals surface area (Å²) in [6.07, 6.45) is 0. The van der Waals surface area contributed by atoms with Gasteiger partial charge in [-0.25, -0.2) is 0 Å². The molecule has 32 heavy (non-hydrogen) atoms. The minimum Gasteiger partial charge on any atom is -0.497 e. The molecule has 0 atom stereocenters. The van der Waals surface area contributed by atoms with Gasteiger partial charge in [0.1, 0.15) is 18.1 Å². The van der Waals surface area contributed by atoms with Crippen LogP contribution in [0.2, 0.25) is 0 Å². The number of hydrogen-bond donors (Lipinski definition) is 1. The normalized spacial score (nSPS) is 11.2. The Bertz CT molecular complexity index is 990. The molecule has 1 aromatic heterocycles. The van der Waals surface area contributed by atoms with Gasteiger partial charge in [0.05, 0.1) is 12.8 Å². The number of methoxy groups -OCH3 is 1. The van der Waals surface area contributed by atoms with E-state index in [1.807, 2.05) is 53.9 Å². The van der Waals surface area contributed by atoms with Gasteiger partial charge in [0.2, 0.25) is 0 Å². The van der Waals surface area contributed by atoms with Gasteiger partial charge < -0.3 is 14.8 Å². The maximum Gasteiger partial charge on any atom is 0.255 e. The fourth-order valence-corrected chi connectivity index (χ4v) is 4.38. The van der Waals surface area contributed by atoms with Crippen molar-refractivity contribution in [2.24, 2.45) is 0 Å². The molecule has 3 aromatic rings. The van der Waals surface area contributed by atoms with Crippen molar-refractivity contribution in [3.8, 4) is 21.9 Å². The Morgan fingerprint density at radius 2 is 1.75 bits per heavy atom. The van der Waals surface area contributed by atoms with Gasteiger partial charge in [-0.3, -0.25) is 9.69 Å². The molecule has 0 bridgehead atoms. The van der Waals surface area contributed by atoms with Crippen molar-refractivity contribution in [1.82, 2.24) is 4.90 Å². The Hall–Kier alpha value is -2.83. The molecule has 170 valence electrons. The summed E-state index contributed by atoms with van der Waals surface area (Å²) in [6.45, 7) is 10.0. The Morgan fingerprint density at radius 3 is 2.34 bits per heavy atom. The molecular formula is C26H32N2O3S. The standard InChI is InChI=1S/C26H32N2O3S/c1-18(2)28(19(3)4)14-15-31-24-17-22(30-5)12-13-23(24)27-26(29)21-10-8-20(9-11-21)25-7-6-16-32-25/h6-13,16-19H,14-15H2,1-5H3,(H,27,29). The second kappa shape index (κ2) is 11.2. The summed E-state index contributed by atoms with van der Waals surface area (Å²) in [5.74, 6) is 1.10. The fourth-order valence-electron chi connectivity index (χ4n) is 3.65. The van der Waals surface area contributed by atoms with Crippen molar-refractivity contribution in [1.29, 1.82) is 0 Å². The van der Waals surface area contributed by atoms with Crippen LogP contribution in [0.3, 0.4) is 0 Å². The van der Waals surface area contributed by atoms with E-state index in [4.69, 9.17) is 9.47 Å². The first-order valence-corrected chi connectivity index (χ1v) is 11.8. The van der Waals surface area contributed by atoms with E-state index in [-0.39, 0.29) is 5.91 Å². The maximum absolute atomic E-state index is 12.9. The zero-order valence-electron chi connectivity index (χ0n) is 19.4. The molecule has 0 aliphatic rings. The van der Waals surface area contributed by atoms with E-state index in [0.717, 1.165) is 12.1 Å². The predicted octanol–water partition coefficient (Wildman–Crippen LogP) is 6.17. The minimum absolute atomic E-state index is 0.177. The summed E-state index contributed by atoms with van der Waals surface area (Å²) < 4.78 is 11.4. The molecule has 0 spiro atoms. The second-order valence-corrected chi connectivity index (χ2v) is 9.09. The molecule has 0 aliphatic carbocycles. The molecule has 0 saturated carbocycles. The highest BCUT2D eigenvalue weighted by Crippen LogP contribution is 2.30. The number of hydrogen-bond acceptors (Lipinski definition) is 5. The van der Waals surface area contributed by atoms with Crippen LogP contribution in [-0.4, -0.2) is 43.2 Å². The van der Waals surface area contributed by atoms with Crippen LogP contribution in [0, 0.1) is 0 Å². The minimum atomic E-state index is -0.177. The Morgan fingerprint density at radius 1 is 1.03 bits per heavy atom. The molecule has 3 rings (SSSR count). The number of nitrogens with one attached hydrogen (secondary N) is 1. The largest absolute Gasteiger partial charge is 0.497 e. The van der Waals surface area contributed by atoms with Crippen LogP contribution in [-0.2, 0) is 0 Å².